The Morgan fingerprint density at radius 1 is 1.03 bits per heavy atom. The molecule has 5 aliphatic heterocycles. The molecule has 2 N–H and O–H groups in total. The number of amides is 3. The number of hydrogen-bond acceptors (Lipinski definition) is 5. The molecule has 1 aromatic rings. The highest BCUT2D eigenvalue weighted by Crippen LogP contribution is 2.42. The molecular formula is C23H28N4O3. The average molecular weight is 409 g/mol. The van der Waals surface area contributed by atoms with Crippen molar-refractivity contribution in [3.63, 3.8) is 0 Å². The molecule has 4 fully saturated rings. The predicted molar refractivity (Wildman–Crippen MR) is 109 cm³/mol. The van der Waals surface area contributed by atoms with Crippen LogP contribution in [0, 0.1) is 5.92 Å². The Balaban J connectivity index is 1.25. The normalized spacial score (nSPS) is 35.5. The third kappa shape index (κ3) is 2.75. The van der Waals surface area contributed by atoms with Gasteiger partial charge >= 0.3 is 0 Å². The van der Waals surface area contributed by atoms with Crippen LogP contribution in [0.2, 0.25) is 0 Å². The van der Waals surface area contributed by atoms with Gasteiger partial charge in [0, 0.05) is 43.2 Å². The molecule has 0 saturated carbocycles. The Hall–Kier alpha value is -2.25. The van der Waals surface area contributed by atoms with Gasteiger partial charge in [-0.3, -0.25) is 24.6 Å². The Morgan fingerprint density at radius 2 is 1.90 bits per heavy atom. The van der Waals surface area contributed by atoms with Gasteiger partial charge in [-0.05, 0) is 61.8 Å². The molecule has 6 rings (SSSR count). The molecule has 0 spiro atoms. The van der Waals surface area contributed by atoms with Gasteiger partial charge < -0.3 is 10.2 Å². The van der Waals surface area contributed by atoms with Crippen LogP contribution in [0.25, 0.3) is 0 Å². The number of nitrogens with one attached hydrogen (secondary N) is 2. The fraction of sp³-hybridized carbons (Fsp3) is 0.609. The lowest BCUT2D eigenvalue weighted by molar-refractivity contribution is -0.136. The summed E-state index contributed by atoms with van der Waals surface area (Å²) in [6, 6.07) is 7.35. The molecule has 1 aromatic carbocycles. The summed E-state index contributed by atoms with van der Waals surface area (Å²) in [7, 11) is 0. The maximum Gasteiger partial charge on any atom is 0.255 e. The maximum atomic E-state index is 13.1. The molecule has 3 amide bonds. The Bertz CT molecular complexity index is 931. The second-order valence-electron chi connectivity index (χ2n) is 9.57. The largest absolute Gasteiger partial charge is 0.322 e. The first kappa shape index (κ1) is 18.5. The van der Waals surface area contributed by atoms with Crippen LogP contribution in [0.1, 0.15) is 60.0 Å². The van der Waals surface area contributed by atoms with E-state index in [0.717, 1.165) is 30.1 Å². The summed E-state index contributed by atoms with van der Waals surface area (Å²) in [4.78, 5) is 41.2. The van der Waals surface area contributed by atoms with Gasteiger partial charge in [-0.1, -0.05) is 12.1 Å². The minimum absolute atomic E-state index is 0.0838. The van der Waals surface area contributed by atoms with Crippen molar-refractivity contribution in [1.82, 2.24) is 20.4 Å². The van der Waals surface area contributed by atoms with Gasteiger partial charge in [0.05, 0.1) is 0 Å². The minimum atomic E-state index is -0.551. The lowest BCUT2D eigenvalue weighted by Gasteiger charge is -2.43. The summed E-state index contributed by atoms with van der Waals surface area (Å²) in [5.74, 6) is 0.0800. The van der Waals surface area contributed by atoms with Gasteiger partial charge in [-0.2, -0.15) is 0 Å². The number of hydrogen-bond donors (Lipinski definition) is 2. The third-order valence-electron chi connectivity index (χ3n) is 8.04. The molecule has 7 nitrogen and oxygen atoms in total. The van der Waals surface area contributed by atoms with E-state index < -0.39 is 6.04 Å². The van der Waals surface area contributed by atoms with Crippen LogP contribution in [-0.4, -0.2) is 58.2 Å². The van der Waals surface area contributed by atoms with Crippen molar-refractivity contribution in [2.75, 3.05) is 6.54 Å². The smallest absolute Gasteiger partial charge is 0.255 e. The summed E-state index contributed by atoms with van der Waals surface area (Å²) in [5.41, 5.74) is 2.99. The summed E-state index contributed by atoms with van der Waals surface area (Å²) in [6.45, 7) is 2.44. The number of rotatable bonds is 3. The molecule has 0 aliphatic carbocycles. The first-order chi connectivity index (χ1) is 14.6. The van der Waals surface area contributed by atoms with Crippen molar-refractivity contribution < 1.29 is 14.4 Å². The minimum Gasteiger partial charge on any atom is -0.322 e. The van der Waals surface area contributed by atoms with Crippen molar-refractivity contribution in [3.05, 3.63) is 34.9 Å². The van der Waals surface area contributed by atoms with Crippen molar-refractivity contribution in [2.24, 2.45) is 5.92 Å². The third-order valence-corrected chi connectivity index (χ3v) is 8.04. The van der Waals surface area contributed by atoms with Gasteiger partial charge in [-0.25, -0.2) is 0 Å². The van der Waals surface area contributed by atoms with E-state index in [-0.39, 0.29) is 24.1 Å². The molecule has 158 valence electrons. The maximum absolute atomic E-state index is 13.1. The van der Waals surface area contributed by atoms with Crippen LogP contribution in [-0.2, 0) is 22.7 Å². The standard InChI is InChI=1S/C23H28N4O3/c28-20-9-8-19(22(29)25-20)27-12-16-13(3-1-4-14(16)23(27)30)11-26-10-2-5-15-17-6-7-18(24-17)21(15)26/h1,3-4,15,17-19,21,24H,2,5-12H2,(H,25,28,29). The van der Waals surface area contributed by atoms with E-state index in [9.17, 15) is 14.4 Å². The first-order valence-electron chi connectivity index (χ1n) is 11.4. The molecule has 30 heavy (non-hydrogen) atoms. The molecule has 5 heterocycles. The lowest BCUT2D eigenvalue weighted by atomic mass is 9.78. The number of carbonyl (C=O) groups is 3. The van der Waals surface area contributed by atoms with Crippen molar-refractivity contribution in [2.45, 2.75) is 75.8 Å². The second-order valence-corrected chi connectivity index (χ2v) is 9.57. The molecule has 5 unspecified atom stereocenters. The van der Waals surface area contributed by atoms with Crippen LogP contribution >= 0.6 is 0 Å². The lowest BCUT2D eigenvalue weighted by Crippen LogP contribution is -2.52. The van der Waals surface area contributed by atoms with Crippen molar-refractivity contribution in [1.29, 1.82) is 0 Å². The van der Waals surface area contributed by atoms with Gasteiger partial charge in [0.1, 0.15) is 6.04 Å². The van der Waals surface area contributed by atoms with Crippen LogP contribution in [0.4, 0.5) is 0 Å². The monoisotopic (exact) mass is 408 g/mol. The van der Waals surface area contributed by atoms with Crippen LogP contribution < -0.4 is 10.6 Å². The van der Waals surface area contributed by atoms with Gasteiger partial charge in [-0.15, -0.1) is 0 Å². The summed E-state index contributed by atoms with van der Waals surface area (Å²) < 4.78 is 0. The number of carbonyl (C=O) groups excluding carboxylic acids is 3. The fourth-order valence-corrected chi connectivity index (χ4v) is 6.72. The van der Waals surface area contributed by atoms with E-state index >= 15 is 0 Å². The molecule has 0 aromatic heterocycles. The molecule has 0 radical (unpaired) electrons. The first-order valence-corrected chi connectivity index (χ1v) is 11.4. The Morgan fingerprint density at radius 3 is 2.77 bits per heavy atom. The van der Waals surface area contributed by atoms with Crippen molar-refractivity contribution in [3.8, 4) is 0 Å². The molecule has 4 saturated heterocycles. The molecule has 5 aliphatic rings. The Kier molecular flexibility index (Phi) is 4.25. The van der Waals surface area contributed by atoms with E-state index in [1.165, 1.54) is 31.2 Å². The second kappa shape index (κ2) is 6.89. The molecule has 5 atom stereocenters. The zero-order valence-corrected chi connectivity index (χ0v) is 17.1. The fourth-order valence-electron chi connectivity index (χ4n) is 6.72. The quantitative estimate of drug-likeness (QED) is 0.734. The van der Waals surface area contributed by atoms with Gasteiger partial charge in [0.25, 0.3) is 5.91 Å². The Labute approximate surface area is 176 Å². The highest BCUT2D eigenvalue weighted by molar-refractivity contribution is 6.05. The zero-order valence-electron chi connectivity index (χ0n) is 17.1. The van der Waals surface area contributed by atoms with Crippen molar-refractivity contribution >= 4 is 17.7 Å². The van der Waals surface area contributed by atoms with Crippen LogP contribution in [0.3, 0.4) is 0 Å². The highest BCUT2D eigenvalue weighted by Gasteiger charge is 2.51. The van der Waals surface area contributed by atoms with Gasteiger partial charge in [0.15, 0.2) is 0 Å². The average Bonchev–Trinajstić information content (AvgIpc) is 3.44. The summed E-state index contributed by atoms with van der Waals surface area (Å²) in [6.07, 6.45) is 5.85. The zero-order chi connectivity index (χ0) is 20.4. The van der Waals surface area contributed by atoms with Crippen LogP contribution in [0.15, 0.2) is 18.2 Å². The van der Waals surface area contributed by atoms with Crippen LogP contribution in [0.5, 0.6) is 0 Å². The molecule has 2 bridgehead atoms. The van der Waals surface area contributed by atoms with E-state index in [4.69, 9.17) is 0 Å². The number of nitrogens with zero attached hydrogens (tertiary/aromatic N) is 2. The van der Waals surface area contributed by atoms with E-state index in [0.29, 0.717) is 31.1 Å². The molecule has 7 heteroatoms. The number of benzene rings is 1. The summed E-state index contributed by atoms with van der Waals surface area (Å²) >= 11 is 0. The number of imide groups is 1. The van der Waals surface area contributed by atoms with E-state index in [1.807, 2.05) is 12.1 Å². The number of likely N-dealkylation sites (tertiary alicyclic amines) is 1. The van der Waals surface area contributed by atoms with E-state index in [1.54, 1.807) is 4.90 Å². The topological polar surface area (TPSA) is 81.8 Å². The predicted octanol–water partition coefficient (Wildman–Crippen LogP) is 1.16. The number of piperidine rings is 2. The highest BCUT2D eigenvalue weighted by atomic mass is 16.2. The van der Waals surface area contributed by atoms with Gasteiger partial charge in [0.2, 0.25) is 11.8 Å². The SMILES string of the molecule is O=C1CCC(N2Cc3c(CN4CCCC5C6CCC(N6)C54)cccc3C2=O)C(=O)N1. The number of fused-ring (bicyclic) bond motifs is 6. The van der Waals surface area contributed by atoms with E-state index in [2.05, 4.69) is 21.6 Å². The summed E-state index contributed by atoms with van der Waals surface area (Å²) in [5, 5.41) is 6.22. The molecular weight excluding hydrogens is 380 g/mol.